The van der Waals surface area contributed by atoms with Gasteiger partial charge in [-0.3, -0.25) is 0 Å². The molecule has 0 unspecified atom stereocenters. The van der Waals surface area contributed by atoms with Crippen LogP contribution in [0.2, 0.25) is 0 Å². The average Bonchev–Trinajstić information content (AvgIpc) is 2.91. The second-order valence-corrected chi connectivity index (χ2v) is 6.42. The van der Waals surface area contributed by atoms with Gasteiger partial charge in [0, 0.05) is 44.6 Å². The fraction of sp³-hybridized carbons (Fsp3) is 0.300. The van der Waals surface area contributed by atoms with E-state index in [9.17, 15) is 0 Å². The number of benzene rings is 1. The van der Waals surface area contributed by atoms with Gasteiger partial charge >= 0.3 is 0 Å². The van der Waals surface area contributed by atoms with E-state index in [4.69, 9.17) is 5.10 Å². The van der Waals surface area contributed by atoms with Crippen molar-refractivity contribution < 1.29 is 0 Å². The van der Waals surface area contributed by atoms with Crippen LogP contribution in [-0.4, -0.2) is 28.9 Å². The molecule has 3 rings (SSSR count). The lowest BCUT2D eigenvalue weighted by Crippen LogP contribution is -2.15. The number of aromatic nitrogens is 3. The number of nitrogens with zero attached hydrogens (tertiary/aromatic N) is 4. The zero-order valence-corrected chi connectivity index (χ0v) is 15.3. The Kier molecular flexibility index (Phi) is 5.14. The first kappa shape index (κ1) is 17.2. The maximum atomic E-state index is 4.70. The first-order valence-corrected chi connectivity index (χ1v) is 8.49. The van der Waals surface area contributed by atoms with Crippen molar-refractivity contribution in [2.24, 2.45) is 0 Å². The molecule has 25 heavy (non-hydrogen) atoms. The standard InChI is InChI=1S/C20H25N5/c1-15-19(16(2)25(23-15)18-8-6-5-7-9-18)14-21-12-17-10-11-20(22-13-17)24(3)4/h5-11,13,21H,12,14H2,1-4H3. The molecular weight excluding hydrogens is 310 g/mol. The topological polar surface area (TPSA) is 46.0 Å². The van der Waals surface area contributed by atoms with Gasteiger partial charge in [-0.1, -0.05) is 24.3 Å². The van der Waals surface area contributed by atoms with Gasteiger partial charge in [0.25, 0.3) is 0 Å². The molecule has 0 amide bonds. The third-order valence-corrected chi connectivity index (χ3v) is 4.34. The van der Waals surface area contributed by atoms with Crippen LogP contribution in [0.15, 0.2) is 48.7 Å². The van der Waals surface area contributed by atoms with Gasteiger partial charge in [0.15, 0.2) is 0 Å². The Bertz CT molecular complexity index is 819. The fourth-order valence-corrected chi connectivity index (χ4v) is 2.87. The normalized spacial score (nSPS) is 10.9. The Morgan fingerprint density at radius 3 is 2.40 bits per heavy atom. The van der Waals surface area contributed by atoms with Gasteiger partial charge < -0.3 is 10.2 Å². The molecule has 0 saturated heterocycles. The van der Waals surface area contributed by atoms with E-state index in [0.717, 1.165) is 30.3 Å². The molecule has 1 aromatic carbocycles. The summed E-state index contributed by atoms with van der Waals surface area (Å²) in [6.45, 7) is 5.77. The van der Waals surface area contributed by atoms with Gasteiger partial charge in [-0.25, -0.2) is 9.67 Å². The minimum absolute atomic E-state index is 0.788. The Balaban J connectivity index is 1.66. The quantitative estimate of drug-likeness (QED) is 0.751. The van der Waals surface area contributed by atoms with Crippen molar-refractivity contribution in [3.05, 3.63) is 71.2 Å². The molecule has 0 atom stereocenters. The van der Waals surface area contributed by atoms with Crippen LogP contribution in [0.5, 0.6) is 0 Å². The number of pyridine rings is 1. The number of hydrogen-bond acceptors (Lipinski definition) is 4. The lowest BCUT2D eigenvalue weighted by atomic mass is 10.2. The molecule has 0 aliphatic carbocycles. The summed E-state index contributed by atoms with van der Waals surface area (Å²) >= 11 is 0. The SMILES string of the molecule is Cc1nn(-c2ccccc2)c(C)c1CNCc1ccc(N(C)C)nc1. The minimum atomic E-state index is 0.788. The second kappa shape index (κ2) is 7.49. The van der Waals surface area contributed by atoms with Gasteiger partial charge in [-0.2, -0.15) is 5.10 Å². The van der Waals surface area contributed by atoms with Crippen LogP contribution in [0.25, 0.3) is 5.69 Å². The lowest BCUT2D eigenvalue weighted by Gasteiger charge is -2.11. The summed E-state index contributed by atoms with van der Waals surface area (Å²) in [5, 5.41) is 8.20. The summed E-state index contributed by atoms with van der Waals surface area (Å²) in [7, 11) is 3.99. The number of aryl methyl sites for hydroxylation is 1. The third kappa shape index (κ3) is 3.88. The fourth-order valence-electron chi connectivity index (χ4n) is 2.87. The summed E-state index contributed by atoms with van der Waals surface area (Å²) in [6, 6.07) is 14.4. The molecule has 5 heteroatoms. The zero-order chi connectivity index (χ0) is 17.8. The van der Waals surface area contributed by atoms with E-state index in [1.807, 2.05) is 54.1 Å². The smallest absolute Gasteiger partial charge is 0.127 e. The van der Waals surface area contributed by atoms with Gasteiger partial charge in [-0.05, 0) is 37.6 Å². The molecule has 0 bridgehead atoms. The van der Waals surface area contributed by atoms with Crippen molar-refractivity contribution in [1.82, 2.24) is 20.1 Å². The number of anilines is 1. The Morgan fingerprint density at radius 2 is 1.76 bits per heavy atom. The predicted molar refractivity (Wildman–Crippen MR) is 102 cm³/mol. The Labute approximate surface area is 149 Å². The summed E-state index contributed by atoms with van der Waals surface area (Å²) < 4.78 is 2.01. The van der Waals surface area contributed by atoms with Crippen LogP contribution < -0.4 is 10.2 Å². The van der Waals surface area contributed by atoms with E-state index in [0.29, 0.717) is 0 Å². The molecule has 5 nitrogen and oxygen atoms in total. The summed E-state index contributed by atoms with van der Waals surface area (Å²) in [5.41, 5.74) is 5.77. The Morgan fingerprint density at radius 1 is 1.00 bits per heavy atom. The van der Waals surface area contributed by atoms with Crippen LogP contribution in [0.4, 0.5) is 5.82 Å². The first-order valence-electron chi connectivity index (χ1n) is 8.49. The van der Waals surface area contributed by atoms with Crippen molar-refractivity contribution in [3.63, 3.8) is 0 Å². The maximum absolute atomic E-state index is 4.70. The van der Waals surface area contributed by atoms with Gasteiger partial charge in [0.05, 0.1) is 11.4 Å². The number of para-hydroxylation sites is 1. The molecule has 0 radical (unpaired) electrons. The summed E-state index contributed by atoms with van der Waals surface area (Å²) in [6.07, 6.45) is 1.93. The molecule has 0 spiro atoms. The van der Waals surface area contributed by atoms with Crippen molar-refractivity contribution >= 4 is 5.82 Å². The van der Waals surface area contributed by atoms with Crippen molar-refractivity contribution in [3.8, 4) is 5.69 Å². The van der Waals surface area contributed by atoms with Crippen LogP contribution in [-0.2, 0) is 13.1 Å². The van der Waals surface area contributed by atoms with E-state index in [1.165, 1.54) is 16.8 Å². The van der Waals surface area contributed by atoms with E-state index < -0.39 is 0 Å². The monoisotopic (exact) mass is 335 g/mol. The van der Waals surface area contributed by atoms with Gasteiger partial charge in [0.1, 0.15) is 5.82 Å². The van der Waals surface area contributed by atoms with Crippen LogP contribution >= 0.6 is 0 Å². The first-order chi connectivity index (χ1) is 12.1. The highest BCUT2D eigenvalue weighted by Gasteiger charge is 2.12. The minimum Gasteiger partial charge on any atom is -0.363 e. The van der Waals surface area contributed by atoms with E-state index in [-0.39, 0.29) is 0 Å². The third-order valence-electron chi connectivity index (χ3n) is 4.34. The molecular formula is C20H25N5. The highest BCUT2D eigenvalue weighted by atomic mass is 15.3. The second-order valence-electron chi connectivity index (χ2n) is 6.42. The highest BCUT2D eigenvalue weighted by molar-refractivity contribution is 5.38. The summed E-state index contributed by atoms with van der Waals surface area (Å²) in [5.74, 6) is 0.972. The van der Waals surface area contributed by atoms with Gasteiger partial charge in [0.2, 0.25) is 0 Å². The van der Waals surface area contributed by atoms with E-state index in [1.54, 1.807) is 0 Å². The summed E-state index contributed by atoms with van der Waals surface area (Å²) in [4.78, 5) is 6.45. The van der Waals surface area contributed by atoms with Crippen LogP contribution in [0, 0.1) is 13.8 Å². The maximum Gasteiger partial charge on any atom is 0.127 e. The molecule has 0 aliphatic rings. The lowest BCUT2D eigenvalue weighted by molar-refractivity contribution is 0.685. The largest absolute Gasteiger partial charge is 0.363 e. The molecule has 0 aliphatic heterocycles. The van der Waals surface area contributed by atoms with Crippen molar-refractivity contribution in [2.75, 3.05) is 19.0 Å². The molecule has 0 saturated carbocycles. The van der Waals surface area contributed by atoms with Crippen LogP contribution in [0.1, 0.15) is 22.5 Å². The molecule has 2 aromatic heterocycles. The van der Waals surface area contributed by atoms with E-state index >= 15 is 0 Å². The number of hydrogen-bond donors (Lipinski definition) is 1. The molecule has 0 fully saturated rings. The Hall–Kier alpha value is -2.66. The van der Waals surface area contributed by atoms with Crippen LogP contribution in [0.3, 0.4) is 0 Å². The zero-order valence-electron chi connectivity index (χ0n) is 15.3. The van der Waals surface area contributed by atoms with E-state index in [2.05, 4.69) is 42.3 Å². The van der Waals surface area contributed by atoms with Gasteiger partial charge in [-0.15, -0.1) is 0 Å². The molecule has 1 N–H and O–H groups in total. The highest BCUT2D eigenvalue weighted by Crippen LogP contribution is 2.18. The number of rotatable bonds is 6. The molecule has 130 valence electrons. The average molecular weight is 335 g/mol. The molecule has 3 aromatic rings. The van der Waals surface area contributed by atoms with Crippen molar-refractivity contribution in [1.29, 1.82) is 0 Å². The molecule has 2 heterocycles. The predicted octanol–water partition coefficient (Wildman–Crippen LogP) is 3.24. The number of nitrogens with one attached hydrogen (secondary N) is 1. The van der Waals surface area contributed by atoms with Crippen molar-refractivity contribution in [2.45, 2.75) is 26.9 Å².